The number of sulfonamides is 1. The summed E-state index contributed by atoms with van der Waals surface area (Å²) in [7, 11) is -3.75. The topological polar surface area (TPSA) is 108 Å². The lowest BCUT2D eigenvalue weighted by atomic mass is 10.1. The van der Waals surface area contributed by atoms with Gasteiger partial charge in [0.1, 0.15) is 0 Å². The molecule has 0 unspecified atom stereocenters. The van der Waals surface area contributed by atoms with Gasteiger partial charge in [0, 0.05) is 31.1 Å². The lowest BCUT2D eigenvalue weighted by Crippen LogP contribution is -2.30. The Morgan fingerprint density at radius 3 is 2.54 bits per heavy atom. The molecule has 0 saturated carbocycles. The molecule has 0 radical (unpaired) electrons. The predicted octanol–water partition coefficient (Wildman–Crippen LogP) is 1.82. The van der Waals surface area contributed by atoms with Crippen molar-refractivity contribution in [1.29, 1.82) is 0 Å². The van der Waals surface area contributed by atoms with Crippen molar-refractivity contribution in [3.63, 3.8) is 0 Å². The summed E-state index contributed by atoms with van der Waals surface area (Å²) < 4.78 is 27.3. The molecule has 0 spiro atoms. The van der Waals surface area contributed by atoms with E-state index >= 15 is 0 Å². The van der Waals surface area contributed by atoms with E-state index in [9.17, 15) is 18.0 Å². The van der Waals surface area contributed by atoms with Crippen LogP contribution < -0.4 is 15.6 Å². The number of hydrogen-bond acceptors (Lipinski definition) is 4. The van der Waals surface area contributed by atoms with Gasteiger partial charge in [-0.15, -0.1) is 0 Å². The molecule has 1 amide bonds. The van der Waals surface area contributed by atoms with Crippen LogP contribution >= 0.6 is 0 Å². The van der Waals surface area contributed by atoms with Crippen LogP contribution in [0.3, 0.4) is 0 Å². The molecule has 8 heteroatoms. The maximum absolute atomic E-state index is 12.4. The van der Waals surface area contributed by atoms with Gasteiger partial charge in [-0.05, 0) is 42.1 Å². The van der Waals surface area contributed by atoms with Crippen LogP contribution in [-0.2, 0) is 21.4 Å². The second-order valence-electron chi connectivity index (χ2n) is 6.48. The molecule has 3 rings (SSSR count). The van der Waals surface area contributed by atoms with E-state index in [1.54, 1.807) is 12.1 Å². The van der Waals surface area contributed by atoms with Crippen LogP contribution in [0, 0.1) is 6.92 Å². The Kier molecular flexibility index (Phi) is 5.91. The van der Waals surface area contributed by atoms with Gasteiger partial charge in [0.2, 0.25) is 21.5 Å². The Labute approximate surface area is 162 Å². The Morgan fingerprint density at radius 1 is 1.04 bits per heavy atom. The zero-order valence-electron chi connectivity index (χ0n) is 15.4. The summed E-state index contributed by atoms with van der Waals surface area (Å²) in [5, 5.41) is 3.38. The summed E-state index contributed by atoms with van der Waals surface area (Å²) in [6.07, 6.45) is 0.0337. The first-order valence-electron chi connectivity index (χ1n) is 8.78. The number of H-pyrrole nitrogens is 1. The fourth-order valence-corrected chi connectivity index (χ4v) is 3.74. The van der Waals surface area contributed by atoms with Crippen molar-refractivity contribution in [2.75, 3.05) is 6.54 Å². The second kappa shape index (κ2) is 8.37. The molecule has 0 aliphatic heterocycles. The Hall–Kier alpha value is -2.97. The molecular formula is C20H21N3O4S. The fourth-order valence-electron chi connectivity index (χ4n) is 2.68. The normalized spacial score (nSPS) is 11.5. The van der Waals surface area contributed by atoms with Crippen molar-refractivity contribution in [2.45, 2.75) is 24.8 Å². The standard InChI is InChI=1S/C20H21N3O4S/c1-14-2-4-15(5-3-14)13-21-19(24)10-11-22-28(26,27)17-7-8-18-16(12-17)6-9-20(25)23-18/h2-9,12,22H,10-11,13H2,1H3,(H,21,24)(H,23,25). The summed E-state index contributed by atoms with van der Waals surface area (Å²) in [5.41, 5.74) is 2.43. The molecule has 3 N–H and O–H groups in total. The first kappa shape index (κ1) is 19.8. The number of carbonyl (C=O) groups is 1. The molecule has 0 fully saturated rings. The van der Waals surface area contributed by atoms with Gasteiger partial charge in [0.25, 0.3) is 0 Å². The lowest BCUT2D eigenvalue weighted by Gasteiger charge is -2.09. The van der Waals surface area contributed by atoms with Crippen LogP contribution in [0.4, 0.5) is 0 Å². The van der Waals surface area contributed by atoms with Crippen molar-refractivity contribution >= 4 is 26.8 Å². The Morgan fingerprint density at radius 2 is 1.79 bits per heavy atom. The fraction of sp³-hybridized carbons (Fsp3) is 0.200. The third kappa shape index (κ3) is 5.05. The highest BCUT2D eigenvalue weighted by molar-refractivity contribution is 7.89. The minimum Gasteiger partial charge on any atom is -0.352 e. The maximum atomic E-state index is 12.4. The van der Waals surface area contributed by atoms with E-state index in [2.05, 4.69) is 15.0 Å². The molecule has 0 aliphatic carbocycles. The SMILES string of the molecule is Cc1ccc(CNC(=O)CCNS(=O)(=O)c2ccc3[nH]c(=O)ccc3c2)cc1. The number of aryl methyl sites for hydroxylation is 1. The third-order valence-corrected chi connectivity index (χ3v) is 5.72. The number of aromatic nitrogens is 1. The first-order chi connectivity index (χ1) is 13.3. The molecule has 146 valence electrons. The summed E-state index contributed by atoms with van der Waals surface area (Å²) in [6.45, 7) is 2.38. The molecule has 0 aliphatic rings. The predicted molar refractivity (Wildman–Crippen MR) is 107 cm³/mol. The van der Waals surface area contributed by atoms with Crippen molar-refractivity contribution < 1.29 is 13.2 Å². The maximum Gasteiger partial charge on any atom is 0.248 e. The van der Waals surface area contributed by atoms with Crippen molar-refractivity contribution in [2.24, 2.45) is 0 Å². The van der Waals surface area contributed by atoms with Crippen LogP contribution in [0.2, 0.25) is 0 Å². The van der Waals surface area contributed by atoms with Gasteiger partial charge < -0.3 is 10.3 Å². The second-order valence-corrected chi connectivity index (χ2v) is 8.25. The highest BCUT2D eigenvalue weighted by Crippen LogP contribution is 2.16. The number of aromatic amines is 1. The van der Waals surface area contributed by atoms with E-state index in [1.807, 2.05) is 31.2 Å². The van der Waals surface area contributed by atoms with Crippen molar-refractivity contribution in [3.05, 3.63) is 76.1 Å². The van der Waals surface area contributed by atoms with E-state index in [-0.39, 0.29) is 29.3 Å². The van der Waals surface area contributed by atoms with Gasteiger partial charge in [-0.2, -0.15) is 0 Å². The molecule has 3 aromatic rings. The molecule has 7 nitrogen and oxygen atoms in total. The number of benzene rings is 2. The summed E-state index contributed by atoms with van der Waals surface area (Å²) in [6, 6.07) is 15.1. The van der Waals surface area contributed by atoms with Crippen LogP contribution in [0.1, 0.15) is 17.5 Å². The van der Waals surface area contributed by atoms with Gasteiger partial charge in [-0.25, -0.2) is 13.1 Å². The average molecular weight is 399 g/mol. The largest absolute Gasteiger partial charge is 0.352 e. The highest BCUT2D eigenvalue weighted by Gasteiger charge is 2.15. The third-order valence-electron chi connectivity index (χ3n) is 4.26. The number of nitrogens with one attached hydrogen (secondary N) is 3. The molecule has 28 heavy (non-hydrogen) atoms. The summed E-state index contributed by atoms with van der Waals surface area (Å²) in [4.78, 5) is 25.9. The number of fused-ring (bicyclic) bond motifs is 1. The Bertz CT molecular complexity index is 1150. The van der Waals surface area contributed by atoms with Crippen LogP contribution in [0.25, 0.3) is 10.9 Å². The lowest BCUT2D eigenvalue weighted by molar-refractivity contribution is -0.121. The van der Waals surface area contributed by atoms with Gasteiger partial charge in [0.15, 0.2) is 0 Å². The number of rotatable bonds is 7. The number of hydrogen-bond donors (Lipinski definition) is 3. The molecular weight excluding hydrogens is 378 g/mol. The summed E-state index contributed by atoms with van der Waals surface area (Å²) >= 11 is 0. The van der Waals surface area contributed by atoms with Crippen molar-refractivity contribution in [3.8, 4) is 0 Å². The number of carbonyl (C=O) groups excluding carboxylic acids is 1. The average Bonchev–Trinajstić information content (AvgIpc) is 2.67. The number of pyridine rings is 1. The van der Waals surface area contributed by atoms with E-state index in [0.29, 0.717) is 17.4 Å². The summed E-state index contributed by atoms with van der Waals surface area (Å²) in [5.74, 6) is -0.237. The van der Waals surface area contributed by atoms with Crippen LogP contribution in [0.15, 0.2) is 64.3 Å². The minimum atomic E-state index is -3.75. The van der Waals surface area contributed by atoms with E-state index in [4.69, 9.17) is 0 Å². The smallest absolute Gasteiger partial charge is 0.248 e. The quantitative estimate of drug-likeness (QED) is 0.563. The zero-order valence-corrected chi connectivity index (χ0v) is 16.2. The van der Waals surface area contributed by atoms with Crippen LogP contribution in [-0.4, -0.2) is 25.9 Å². The molecule has 0 atom stereocenters. The van der Waals surface area contributed by atoms with Gasteiger partial charge in [-0.3, -0.25) is 9.59 Å². The number of amides is 1. The van der Waals surface area contributed by atoms with Crippen molar-refractivity contribution in [1.82, 2.24) is 15.0 Å². The van der Waals surface area contributed by atoms with Gasteiger partial charge in [0.05, 0.1) is 4.90 Å². The molecule has 0 bridgehead atoms. The molecule has 1 heterocycles. The molecule has 0 saturated heterocycles. The molecule has 2 aromatic carbocycles. The monoisotopic (exact) mass is 399 g/mol. The first-order valence-corrected chi connectivity index (χ1v) is 10.3. The van der Waals surface area contributed by atoms with Crippen LogP contribution in [0.5, 0.6) is 0 Å². The van der Waals surface area contributed by atoms with E-state index in [0.717, 1.165) is 11.1 Å². The highest BCUT2D eigenvalue weighted by atomic mass is 32.2. The van der Waals surface area contributed by atoms with Gasteiger partial charge >= 0.3 is 0 Å². The minimum absolute atomic E-state index is 0.00821. The van der Waals surface area contributed by atoms with E-state index < -0.39 is 10.0 Å². The zero-order chi connectivity index (χ0) is 20.1. The Balaban J connectivity index is 1.54. The molecule has 1 aromatic heterocycles. The van der Waals surface area contributed by atoms with E-state index in [1.165, 1.54) is 18.2 Å². The van der Waals surface area contributed by atoms with Gasteiger partial charge in [-0.1, -0.05) is 29.8 Å².